The number of hydrogen-bond donors (Lipinski definition) is 2. The van der Waals surface area contributed by atoms with Crippen LogP contribution >= 0.6 is 38.5 Å². The highest BCUT2D eigenvalue weighted by atomic mass is 127. The van der Waals surface area contributed by atoms with E-state index in [4.69, 9.17) is 5.73 Å². The summed E-state index contributed by atoms with van der Waals surface area (Å²) < 4.78 is 1.95. The summed E-state index contributed by atoms with van der Waals surface area (Å²) in [6.07, 6.45) is 0.655. The van der Waals surface area contributed by atoms with Crippen molar-refractivity contribution in [2.24, 2.45) is 5.73 Å². The smallest absolute Gasteiger partial charge is 0.249 e. The minimum atomic E-state index is -0.887. The number of hydrogen-bond acceptors (Lipinski definition) is 2. The van der Waals surface area contributed by atoms with Crippen molar-refractivity contribution in [3.63, 3.8) is 0 Å². The minimum Gasteiger partial charge on any atom is -0.386 e. The molecule has 5 heteroatoms. The number of rotatable bonds is 2. The first kappa shape index (κ1) is 16.0. The molecule has 2 aromatic rings. The van der Waals surface area contributed by atoms with Crippen LogP contribution in [-0.4, -0.2) is 11.0 Å². The van der Waals surface area contributed by atoms with Crippen LogP contribution in [0.3, 0.4) is 0 Å². The second-order valence-corrected chi connectivity index (χ2v) is 8.00. The van der Waals surface area contributed by atoms with E-state index in [1.54, 1.807) is 13.8 Å². The van der Waals surface area contributed by atoms with Gasteiger partial charge in [0.25, 0.3) is 0 Å². The van der Waals surface area contributed by atoms with E-state index in [0.717, 1.165) is 35.9 Å². The maximum absolute atomic E-state index is 11.8. The van der Waals surface area contributed by atoms with E-state index in [-0.39, 0.29) is 0 Å². The molecule has 2 aromatic carbocycles. The standard InChI is InChI=1S/C17H15BrINO2/c1-17(2,22)9-3-4-10-8(5-9)6-11-12(16(20)21)7-13(19)15(18)14(10)11/h3-5,7,22H,6H2,1-2H3,(H2,20,21). The first-order valence-electron chi connectivity index (χ1n) is 6.87. The maximum atomic E-state index is 11.8. The lowest BCUT2D eigenvalue weighted by molar-refractivity contribution is 0.0785. The fraction of sp³-hybridized carbons (Fsp3) is 0.235. The van der Waals surface area contributed by atoms with Crippen molar-refractivity contribution in [1.82, 2.24) is 0 Å². The lowest BCUT2D eigenvalue weighted by Crippen LogP contribution is -2.15. The van der Waals surface area contributed by atoms with Gasteiger partial charge in [0, 0.05) is 19.2 Å². The Balaban J connectivity index is 2.25. The molecule has 1 amide bonds. The van der Waals surface area contributed by atoms with Gasteiger partial charge in [0.05, 0.1) is 5.60 Å². The fourth-order valence-electron chi connectivity index (χ4n) is 2.90. The minimum absolute atomic E-state index is 0.405. The predicted molar refractivity (Wildman–Crippen MR) is 98.9 cm³/mol. The van der Waals surface area contributed by atoms with Crippen molar-refractivity contribution >= 4 is 44.4 Å². The number of halogens is 2. The molecule has 0 heterocycles. The zero-order chi connectivity index (χ0) is 16.2. The molecule has 1 aliphatic rings. The van der Waals surface area contributed by atoms with Crippen LogP contribution in [-0.2, 0) is 12.0 Å². The maximum Gasteiger partial charge on any atom is 0.249 e. The van der Waals surface area contributed by atoms with Crippen molar-refractivity contribution in [3.05, 3.63) is 54.6 Å². The van der Waals surface area contributed by atoms with Gasteiger partial charge in [0.1, 0.15) is 0 Å². The van der Waals surface area contributed by atoms with Crippen molar-refractivity contribution in [2.45, 2.75) is 25.9 Å². The number of aliphatic hydroxyl groups is 1. The monoisotopic (exact) mass is 471 g/mol. The Labute approximate surface area is 151 Å². The average molecular weight is 472 g/mol. The Bertz CT molecular complexity index is 809. The molecule has 0 spiro atoms. The highest BCUT2D eigenvalue weighted by Crippen LogP contribution is 2.45. The average Bonchev–Trinajstić information content (AvgIpc) is 2.79. The number of fused-ring (bicyclic) bond motifs is 3. The SMILES string of the molecule is CC(C)(O)c1ccc2c(c1)Cc1c(C(N)=O)cc(I)c(Br)c1-2. The summed E-state index contributed by atoms with van der Waals surface area (Å²) in [7, 11) is 0. The van der Waals surface area contributed by atoms with E-state index in [1.807, 2.05) is 24.3 Å². The number of primary amides is 1. The fourth-order valence-corrected chi connectivity index (χ4v) is 4.05. The molecule has 0 aromatic heterocycles. The molecule has 3 rings (SSSR count). The zero-order valence-corrected chi connectivity index (χ0v) is 15.9. The Morgan fingerprint density at radius 3 is 2.64 bits per heavy atom. The summed E-state index contributed by atoms with van der Waals surface area (Å²) in [6, 6.07) is 7.79. The van der Waals surface area contributed by atoms with E-state index in [1.165, 1.54) is 0 Å². The molecule has 22 heavy (non-hydrogen) atoms. The van der Waals surface area contributed by atoms with E-state index >= 15 is 0 Å². The number of carbonyl (C=O) groups is 1. The topological polar surface area (TPSA) is 63.3 Å². The predicted octanol–water partition coefficient (Wildman–Crippen LogP) is 3.95. The number of carbonyl (C=O) groups excluding carboxylic acids is 1. The quantitative estimate of drug-likeness (QED) is 0.556. The van der Waals surface area contributed by atoms with Crippen LogP contribution in [0.15, 0.2) is 28.7 Å². The van der Waals surface area contributed by atoms with Gasteiger partial charge in [-0.1, -0.05) is 18.2 Å². The van der Waals surface area contributed by atoms with Gasteiger partial charge in [-0.2, -0.15) is 0 Å². The molecule has 3 nitrogen and oxygen atoms in total. The first-order chi connectivity index (χ1) is 10.2. The third-order valence-electron chi connectivity index (χ3n) is 4.04. The molecular formula is C17H15BrINO2. The summed E-state index contributed by atoms with van der Waals surface area (Å²) in [5.74, 6) is -0.405. The molecule has 0 aliphatic heterocycles. The van der Waals surface area contributed by atoms with E-state index in [0.29, 0.717) is 12.0 Å². The van der Waals surface area contributed by atoms with Gasteiger partial charge in [0.2, 0.25) is 5.91 Å². The third-order valence-corrected chi connectivity index (χ3v) is 6.46. The van der Waals surface area contributed by atoms with Crippen LogP contribution in [0.1, 0.15) is 40.9 Å². The highest BCUT2D eigenvalue weighted by molar-refractivity contribution is 14.1. The van der Waals surface area contributed by atoms with E-state index in [2.05, 4.69) is 38.5 Å². The summed E-state index contributed by atoms with van der Waals surface area (Å²) >= 11 is 5.83. The van der Waals surface area contributed by atoms with Crippen LogP contribution in [0.25, 0.3) is 11.1 Å². The molecular weight excluding hydrogens is 457 g/mol. The molecule has 1 aliphatic carbocycles. The third kappa shape index (κ3) is 2.49. The summed E-state index contributed by atoms with van der Waals surface area (Å²) in [6.45, 7) is 3.54. The van der Waals surface area contributed by atoms with Gasteiger partial charge < -0.3 is 10.8 Å². The van der Waals surface area contributed by atoms with Crippen LogP contribution in [0.4, 0.5) is 0 Å². The van der Waals surface area contributed by atoms with Gasteiger partial charge in [-0.15, -0.1) is 0 Å². The van der Waals surface area contributed by atoms with Crippen LogP contribution in [0, 0.1) is 3.57 Å². The second-order valence-electron chi connectivity index (χ2n) is 6.05. The summed E-state index contributed by atoms with van der Waals surface area (Å²) in [4.78, 5) is 11.8. The Morgan fingerprint density at radius 2 is 2.05 bits per heavy atom. The van der Waals surface area contributed by atoms with Gasteiger partial charge in [-0.3, -0.25) is 4.79 Å². The van der Waals surface area contributed by atoms with Crippen LogP contribution in [0.5, 0.6) is 0 Å². The first-order valence-corrected chi connectivity index (χ1v) is 8.74. The molecule has 0 radical (unpaired) electrons. The van der Waals surface area contributed by atoms with Crippen LogP contribution < -0.4 is 5.73 Å². The van der Waals surface area contributed by atoms with E-state index < -0.39 is 11.5 Å². The summed E-state index contributed by atoms with van der Waals surface area (Å²) in [5, 5.41) is 10.2. The van der Waals surface area contributed by atoms with Gasteiger partial charge >= 0.3 is 0 Å². The van der Waals surface area contributed by atoms with Crippen molar-refractivity contribution in [3.8, 4) is 11.1 Å². The lowest BCUT2D eigenvalue weighted by atomic mass is 9.94. The van der Waals surface area contributed by atoms with Gasteiger partial charge in [0.15, 0.2) is 0 Å². The molecule has 0 unspecified atom stereocenters. The van der Waals surface area contributed by atoms with Crippen molar-refractivity contribution < 1.29 is 9.90 Å². The normalized spacial score (nSPS) is 13.0. The van der Waals surface area contributed by atoms with Gasteiger partial charge in [-0.25, -0.2) is 0 Å². The van der Waals surface area contributed by atoms with Crippen LogP contribution in [0.2, 0.25) is 0 Å². The molecule has 114 valence electrons. The van der Waals surface area contributed by atoms with Gasteiger partial charge in [-0.05, 0) is 87.1 Å². The molecule has 3 N–H and O–H groups in total. The highest BCUT2D eigenvalue weighted by Gasteiger charge is 2.28. The molecule has 0 bridgehead atoms. The Morgan fingerprint density at radius 1 is 1.36 bits per heavy atom. The lowest BCUT2D eigenvalue weighted by Gasteiger charge is -2.18. The molecule has 0 saturated heterocycles. The Kier molecular flexibility index (Phi) is 3.86. The Hall–Kier alpha value is -0.920. The zero-order valence-electron chi connectivity index (χ0n) is 12.2. The number of nitrogens with two attached hydrogens (primary N) is 1. The second kappa shape index (κ2) is 5.32. The molecule has 0 atom stereocenters. The molecule has 0 saturated carbocycles. The number of benzene rings is 2. The molecule has 0 fully saturated rings. The largest absolute Gasteiger partial charge is 0.386 e. The van der Waals surface area contributed by atoms with Crippen molar-refractivity contribution in [1.29, 1.82) is 0 Å². The van der Waals surface area contributed by atoms with Crippen molar-refractivity contribution in [2.75, 3.05) is 0 Å². The number of amides is 1. The summed E-state index contributed by atoms with van der Waals surface area (Å²) in [5.41, 5.74) is 10.3. The van der Waals surface area contributed by atoms with E-state index in [9.17, 15) is 9.90 Å².